The highest BCUT2D eigenvalue weighted by atomic mass is 32.2. The topological polar surface area (TPSA) is 108 Å². The van der Waals surface area contributed by atoms with Gasteiger partial charge in [-0.2, -0.15) is 4.31 Å². The highest BCUT2D eigenvalue weighted by Crippen LogP contribution is 2.30. The monoisotopic (exact) mass is 481 g/mol. The van der Waals surface area contributed by atoms with Crippen molar-refractivity contribution in [3.63, 3.8) is 0 Å². The molecule has 10 heteroatoms. The van der Waals surface area contributed by atoms with Gasteiger partial charge in [0.05, 0.1) is 4.90 Å². The van der Waals surface area contributed by atoms with E-state index in [-0.39, 0.29) is 4.90 Å². The summed E-state index contributed by atoms with van der Waals surface area (Å²) in [6.07, 6.45) is 1.50. The fourth-order valence-electron chi connectivity index (χ4n) is 4.11. The van der Waals surface area contributed by atoms with Gasteiger partial charge in [-0.25, -0.2) is 18.4 Å². The summed E-state index contributed by atoms with van der Waals surface area (Å²) in [5.74, 6) is 1.20. The Kier molecular flexibility index (Phi) is 7.18. The molecule has 3 aromatic rings. The number of nitrogens with one attached hydrogen (secondary N) is 1. The zero-order valence-electron chi connectivity index (χ0n) is 19.6. The molecule has 0 radical (unpaired) electrons. The Balaban J connectivity index is 1.46. The van der Waals surface area contributed by atoms with Crippen LogP contribution in [0.2, 0.25) is 0 Å². The second-order valence-corrected chi connectivity index (χ2v) is 9.95. The molecular weight excluding hydrogens is 450 g/mol. The predicted molar refractivity (Wildman–Crippen MR) is 137 cm³/mol. The van der Waals surface area contributed by atoms with Crippen molar-refractivity contribution < 1.29 is 8.42 Å². The molecule has 0 amide bonds. The first kappa shape index (κ1) is 23.8. The largest absolute Gasteiger partial charge is 0.393 e. The molecule has 9 nitrogen and oxygen atoms in total. The number of piperazine rings is 1. The van der Waals surface area contributed by atoms with Crippen LogP contribution in [0.4, 0.5) is 28.7 Å². The van der Waals surface area contributed by atoms with Crippen molar-refractivity contribution in [2.45, 2.75) is 18.7 Å². The number of anilines is 5. The first-order chi connectivity index (χ1) is 16.4. The van der Waals surface area contributed by atoms with Crippen LogP contribution in [-0.4, -0.2) is 62.0 Å². The van der Waals surface area contributed by atoms with Crippen LogP contribution >= 0.6 is 0 Å². The number of sulfonamides is 1. The molecule has 1 fully saturated rings. The van der Waals surface area contributed by atoms with Crippen LogP contribution < -0.4 is 20.9 Å². The van der Waals surface area contributed by atoms with Gasteiger partial charge >= 0.3 is 0 Å². The van der Waals surface area contributed by atoms with Gasteiger partial charge in [-0.05, 0) is 36.4 Å². The SMILES string of the molecule is CCN(CC)S(=O)(=O)c1ccc(Nc2ncnc(N3CCN(c4ccccc4)CC3)c2N)cc1. The van der Waals surface area contributed by atoms with E-state index >= 15 is 0 Å². The van der Waals surface area contributed by atoms with Gasteiger partial charge in [0.25, 0.3) is 0 Å². The van der Waals surface area contributed by atoms with E-state index in [9.17, 15) is 8.42 Å². The second-order valence-electron chi connectivity index (χ2n) is 8.01. The van der Waals surface area contributed by atoms with Gasteiger partial charge in [0.2, 0.25) is 10.0 Å². The molecule has 180 valence electrons. The molecule has 2 aromatic carbocycles. The fourth-order valence-corrected chi connectivity index (χ4v) is 5.57. The molecule has 4 rings (SSSR count). The number of aromatic nitrogens is 2. The van der Waals surface area contributed by atoms with Crippen molar-refractivity contribution in [1.82, 2.24) is 14.3 Å². The maximum absolute atomic E-state index is 12.7. The third-order valence-corrected chi connectivity index (χ3v) is 8.09. The summed E-state index contributed by atoms with van der Waals surface area (Å²) in [6, 6.07) is 17.0. The molecule has 0 bridgehead atoms. The lowest BCUT2D eigenvalue weighted by Crippen LogP contribution is -2.47. The molecule has 1 aromatic heterocycles. The zero-order chi connectivity index (χ0) is 24.1. The van der Waals surface area contributed by atoms with E-state index < -0.39 is 10.0 Å². The van der Waals surface area contributed by atoms with Crippen LogP contribution in [0.15, 0.2) is 65.8 Å². The Morgan fingerprint density at radius 2 is 1.53 bits per heavy atom. The normalized spacial score (nSPS) is 14.4. The van der Waals surface area contributed by atoms with Crippen molar-refractivity contribution >= 4 is 38.7 Å². The lowest BCUT2D eigenvalue weighted by atomic mass is 10.2. The molecular formula is C24H31N7O2S. The summed E-state index contributed by atoms with van der Waals surface area (Å²) in [5, 5.41) is 3.20. The van der Waals surface area contributed by atoms with Crippen LogP contribution in [0, 0.1) is 0 Å². The number of nitrogens with two attached hydrogens (primary N) is 1. The predicted octanol–water partition coefficient (Wildman–Crippen LogP) is 3.16. The first-order valence-electron chi connectivity index (χ1n) is 11.5. The highest BCUT2D eigenvalue weighted by molar-refractivity contribution is 7.89. The molecule has 1 aliphatic heterocycles. The number of hydrogen-bond acceptors (Lipinski definition) is 8. The van der Waals surface area contributed by atoms with Crippen molar-refractivity contribution in [2.24, 2.45) is 0 Å². The van der Waals surface area contributed by atoms with Gasteiger partial charge in [0.15, 0.2) is 11.6 Å². The minimum absolute atomic E-state index is 0.259. The molecule has 0 spiro atoms. The lowest BCUT2D eigenvalue weighted by Gasteiger charge is -2.37. The van der Waals surface area contributed by atoms with E-state index in [1.165, 1.54) is 16.3 Å². The number of hydrogen-bond donors (Lipinski definition) is 2. The Hall–Kier alpha value is -3.37. The number of para-hydroxylation sites is 1. The van der Waals surface area contributed by atoms with Crippen LogP contribution in [-0.2, 0) is 10.0 Å². The Labute approximate surface area is 201 Å². The summed E-state index contributed by atoms with van der Waals surface area (Å²) in [4.78, 5) is 13.5. The molecule has 1 aliphatic rings. The fraction of sp³-hybridized carbons (Fsp3) is 0.333. The average molecular weight is 482 g/mol. The third-order valence-electron chi connectivity index (χ3n) is 6.02. The van der Waals surface area contributed by atoms with Crippen LogP contribution in [0.1, 0.15) is 13.8 Å². The summed E-state index contributed by atoms with van der Waals surface area (Å²) in [6.45, 7) is 7.86. The van der Waals surface area contributed by atoms with Crippen molar-refractivity contribution in [1.29, 1.82) is 0 Å². The maximum atomic E-state index is 12.7. The van der Waals surface area contributed by atoms with E-state index in [0.29, 0.717) is 36.1 Å². The highest BCUT2D eigenvalue weighted by Gasteiger charge is 2.23. The number of benzene rings is 2. The lowest BCUT2D eigenvalue weighted by molar-refractivity contribution is 0.445. The van der Waals surface area contributed by atoms with Gasteiger partial charge in [0, 0.05) is 50.6 Å². The van der Waals surface area contributed by atoms with Gasteiger partial charge in [0.1, 0.15) is 12.0 Å². The Morgan fingerprint density at radius 1 is 0.912 bits per heavy atom. The van der Waals surface area contributed by atoms with Gasteiger partial charge < -0.3 is 20.9 Å². The first-order valence-corrected chi connectivity index (χ1v) is 12.9. The third kappa shape index (κ3) is 4.92. The quantitative estimate of drug-likeness (QED) is 0.505. The average Bonchev–Trinajstić information content (AvgIpc) is 2.87. The van der Waals surface area contributed by atoms with E-state index in [4.69, 9.17) is 5.73 Å². The minimum atomic E-state index is -3.50. The van der Waals surface area contributed by atoms with Crippen LogP contribution in [0.25, 0.3) is 0 Å². The number of nitrogen functional groups attached to an aromatic ring is 1. The minimum Gasteiger partial charge on any atom is -0.393 e. The Morgan fingerprint density at radius 3 is 2.15 bits per heavy atom. The number of nitrogens with zero attached hydrogens (tertiary/aromatic N) is 5. The van der Waals surface area contributed by atoms with E-state index in [1.54, 1.807) is 24.3 Å². The van der Waals surface area contributed by atoms with E-state index in [0.717, 1.165) is 26.2 Å². The van der Waals surface area contributed by atoms with Gasteiger partial charge in [-0.3, -0.25) is 0 Å². The standard InChI is InChI=1S/C24H31N7O2S/c1-3-31(4-2)34(32,33)21-12-10-19(11-13-21)28-23-22(25)24(27-18-26-23)30-16-14-29(15-17-30)20-8-6-5-7-9-20/h5-13,18H,3-4,14-17,25H2,1-2H3,(H,26,27,28). The van der Waals surface area contributed by atoms with E-state index in [1.807, 2.05) is 32.0 Å². The summed E-state index contributed by atoms with van der Waals surface area (Å²) in [7, 11) is -3.50. The maximum Gasteiger partial charge on any atom is 0.243 e. The number of rotatable bonds is 8. The smallest absolute Gasteiger partial charge is 0.243 e. The van der Waals surface area contributed by atoms with Crippen molar-refractivity contribution in [3.05, 3.63) is 60.9 Å². The summed E-state index contributed by atoms with van der Waals surface area (Å²) < 4.78 is 26.8. The zero-order valence-corrected chi connectivity index (χ0v) is 20.4. The molecule has 0 aliphatic carbocycles. The second kappa shape index (κ2) is 10.3. The van der Waals surface area contributed by atoms with Crippen LogP contribution in [0.5, 0.6) is 0 Å². The van der Waals surface area contributed by atoms with E-state index in [2.05, 4.69) is 37.2 Å². The molecule has 2 heterocycles. The van der Waals surface area contributed by atoms with Crippen molar-refractivity contribution in [2.75, 3.05) is 60.1 Å². The van der Waals surface area contributed by atoms with Crippen molar-refractivity contribution in [3.8, 4) is 0 Å². The summed E-state index contributed by atoms with van der Waals surface area (Å²) in [5.41, 5.74) is 8.82. The molecule has 1 saturated heterocycles. The van der Waals surface area contributed by atoms with Gasteiger partial charge in [-0.15, -0.1) is 0 Å². The Bertz CT molecular complexity index is 1190. The van der Waals surface area contributed by atoms with Crippen LogP contribution in [0.3, 0.4) is 0 Å². The molecule has 0 unspecified atom stereocenters. The van der Waals surface area contributed by atoms with Gasteiger partial charge in [-0.1, -0.05) is 32.0 Å². The molecule has 0 atom stereocenters. The summed E-state index contributed by atoms with van der Waals surface area (Å²) >= 11 is 0. The molecule has 3 N–H and O–H groups in total. The molecule has 0 saturated carbocycles. The molecule has 34 heavy (non-hydrogen) atoms.